The van der Waals surface area contributed by atoms with Crippen molar-refractivity contribution in [2.45, 2.75) is 25.4 Å². The van der Waals surface area contributed by atoms with Crippen molar-refractivity contribution in [3.05, 3.63) is 30.1 Å². The van der Waals surface area contributed by atoms with E-state index in [1.807, 2.05) is 18.9 Å². The van der Waals surface area contributed by atoms with Gasteiger partial charge in [0.25, 0.3) is 0 Å². The normalized spacial score (nSPS) is 23.9. The van der Waals surface area contributed by atoms with Crippen LogP contribution in [0.2, 0.25) is 0 Å². The van der Waals surface area contributed by atoms with E-state index in [1.165, 1.54) is 12.1 Å². The van der Waals surface area contributed by atoms with Crippen LogP contribution in [-0.4, -0.2) is 38.1 Å². The Morgan fingerprint density at radius 3 is 2.74 bits per heavy atom. The molecule has 1 aromatic carbocycles. The number of likely N-dealkylation sites (N-methyl/N-ethyl adjacent to an activating group) is 1. The van der Waals surface area contributed by atoms with Crippen LogP contribution >= 0.6 is 0 Å². The van der Waals surface area contributed by atoms with Crippen LogP contribution in [0.25, 0.3) is 0 Å². The number of carbonyl (C=O) groups excluding carboxylic acids is 1. The fourth-order valence-corrected chi connectivity index (χ4v) is 2.38. The molecule has 5 heteroatoms. The number of nitrogens with one attached hydrogen (secondary N) is 2. The SMILES string of the molecule is CNCC1C(=O)NC(C)CCN1c1ccc(F)cc1. The molecule has 19 heavy (non-hydrogen) atoms. The van der Waals surface area contributed by atoms with E-state index in [9.17, 15) is 9.18 Å². The average Bonchev–Trinajstić information content (AvgIpc) is 2.51. The highest BCUT2D eigenvalue weighted by molar-refractivity contribution is 5.86. The van der Waals surface area contributed by atoms with Crippen LogP contribution in [0.5, 0.6) is 0 Å². The van der Waals surface area contributed by atoms with Crippen LogP contribution in [0.4, 0.5) is 10.1 Å². The highest BCUT2D eigenvalue weighted by Gasteiger charge is 2.29. The molecule has 0 bridgehead atoms. The predicted octanol–water partition coefficient (Wildman–Crippen LogP) is 1.13. The number of anilines is 1. The predicted molar refractivity (Wildman–Crippen MR) is 73.7 cm³/mol. The van der Waals surface area contributed by atoms with Gasteiger partial charge in [0.1, 0.15) is 11.9 Å². The fourth-order valence-electron chi connectivity index (χ4n) is 2.38. The molecule has 104 valence electrons. The molecule has 0 saturated carbocycles. The van der Waals surface area contributed by atoms with E-state index in [1.54, 1.807) is 12.1 Å². The maximum Gasteiger partial charge on any atom is 0.244 e. The summed E-state index contributed by atoms with van der Waals surface area (Å²) in [6.07, 6.45) is 0.878. The lowest BCUT2D eigenvalue weighted by Gasteiger charge is -2.30. The van der Waals surface area contributed by atoms with Crippen LogP contribution in [0.3, 0.4) is 0 Å². The van der Waals surface area contributed by atoms with Gasteiger partial charge in [-0.3, -0.25) is 4.79 Å². The minimum Gasteiger partial charge on any atom is -0.358 e. The highest BCUT2D eigenvalue weighted by Crippen LogP contribution is 2.20. The number of rotatable bonds is 3. The Kier molecular flexibility index (Phi) is 4.37. The summed E-state index contributed by atoms with van der Waals surface area (Å²) in [4.78, 5) is 14.2. The van der Waals surface area contributed by atoms with Gasteiger partial charge < -0.3 is 15.5 Å². The van der Waals surface area contributed by atoms with Crippen molar-refractivity contribution in [2.75, 3.05) is 25.0 Å². The Balaban J connectivity index is 2.27. The van der Waals surface area contributed by atoms with Gasteiger partial charge in [0, 0.05) is 24.8 Å². The number of halogens is 1. The quantitative estimate of drug-likeness (QED) is 0.861. The van der Waals surface area contributed by atoms with Crippen molar-refractivity contribution in [1.82, 2.24) is 10.6 Å². The lowest BCUT2D eigenvalue weighted by Crippen LogP contribution is -2.50. The summed E-state index contributed by atoms with van der Waals surface area (Å²) in [6, 6.07) is 6.20. The Morgan fingerprint density at radius 2 is 2.11 bits per heavy atom. The number of nitrogens with zero attached hydrogens (tertiary/aromatic N) is 1. The third kappa shape index (κ3) is 3.23. The standard InChI is InChI=1S/C14H20FN3O/c1-10-7-8-18(12-5-3-11(15)4-6-12)13(9-16-2)14(19)17-10/h3-6,10,13,16H,7-9H2,1-2H3,(H,17,19). The second kappa shape index (κ2) is 6.02. The Labute approximate surface area is 113 Å². The Morgan fingerprint density at radius 1 is 1.42 bits per heavy atom. The van der Waals surface area contributed by atoms with Gasteiger partial charge in [-0.2, -0.15) is 0 Å². The first-order chi connectivity index (χ1) is 9.11. The Hall–Kier alpha value is -1.62. The summed E-state index contributed by atoms with van der Waals surface area (Å²) in [5, 5.41) is 6.04. The van der Waals surface area contributed by atoms with Crippen molar-refractivity contribution in [2.24, 2.45) is 0 Å². The van der Waals surface area contributed by atoms with Crippen LogP contribution < -0.4 is 15.5 Å². The van der Waals surface area contributed by atoms with Gasteiger partial charge >= 0.3 is 0 Å². The summed E-state index contributed by atoms with van der Waals surface area (Å²) in [6.45, 7) is 3.34. The van der Waals surface area contributed by atoms with Crippen LogP contribution in [0.1, 0.15) is 13.3 Å². The fraction of sp³-hybridized carbons (Fsp3) is 0.500. The first-order valence-electron chi connectivity index (χ1n) is 6.59. The van der Waals surface area contributed by atoms with Crippen molar-refractivity contribution < 1.29 is 9.18 Å². The van der Waals surface area contributed by atoms with Gasteiger partial charge in [0.05, 0.1) is 0 Å². The van der Waals surface area contributed by atoms with E-state index < -0.39 is 0 Å². The highest BCUT2D eigenvalue weighted by atomic mass is 19.1. The number of carbonyl (C=O) groups is 1. The monoisotopic (exact) mass is 265 g/mol. The molecular formula is C14H20FN3O. The third-order valence-electron chi connectivity index (χ3n) is 3.43. The van der Waals surface area contributed by atoms with Gasteiger partial charge in [-0.1, -0.05) is 0 Å². The maximum atomic E-state index is 13.0. The summed E-state index contributed by atoms with van der Waals surface area (Å²) in [5.41, 5.74) is 0.880. The molecule has 0 aromatic heterocycles. The summed E-state index contributed by atoms with van der Waals surface area (Å²) >= 11 is 0. The summed E-state index contributed by atoms with van der Waals surface area (Å²) in [7, 11) is 1.82. The van der Waals surface area contributed by atoms with E-state index in [2.05, 4.69) is 10.6 Å². The van der Waals surface area contributed by atoms with Crippen LogP contribution in [0, 0.1) is 5.82 Å². The van der Waals surface area contributed by atoms with Gasteiger partial charge in [-0.05, 0) is 44.7 Å². The summed E-state index contributed by atoms with van der Waals surface area (Å²) in [5.74, 6) is -0.245. The molecule has 1 saturated heterocycles. The minimum absolute atomic E-state index is 0.0173. The Bertz CT molecular complexity index is 435. The van der Waals surface area contributed by atoms with E-state index in [0.29, 0.717) is 6.54 Å². The molecule has 0 aliphatic carbocycles. The molecule has 2 atom stereocenters. The molecule has 1 aliphatic rings. The lowest BCUT2D eigenvalue weighted by molar-refractivity contribution is -0.122. The molecule has 4 nitrogen and oxygen atoms in total. The van der Waals surface area contributed by atoms with Crippen LogP contribution in [-0.2, 0) is 4.79 Å². The van der Waals surface area contributed by atoms with Crippen LogP contribution in [0.15, 0.2) is 24.3 Å². The zero-order valence-electron chi connectivity index (χ0n) is 11.3. The van der Waals surface area contributed by atoms with Crippen molar-refractivity contribution in [1.29, 1.82) is 0 Å². The molecular weight excluding hydrogens is 245 g/mol. The van der Waals surface area contributed by atoms with Gasteiger partial charge in [-0.25, -0.2) is 4.39 Å². The van der Waals surface area contributed by atoms with E-state index in [-0.39, 0.29) is 23.8 Å². The van der Waals surface area contributed by atoms with Crippen molar-refractivity contribution in [3.8, 4) is 0 Å². The second-order valence-electron chi connectivity index (χ2n) is 4.94. The molecule has 0 spiro atoms. The molecule has 2 N–H and O–H groups in total. The van der Waals surface area contributed by atoms with E-state index in [4.69, 9.17) is 0 Å². The van der Waals surface area contributed by atoms with Crippen molar-refractivity contribution >= 4 is 11.6 Å². The number of amides is 1. The van der Waals surface area contributed by atoms with Gasteiger partial charge in [0.15, 0.2) is 0 Å². The first-order valence-corrected chi connectivity index (χ1v) is 6.59. The zero-order valence-corrected chi connectivity index (χ0v) is 11.3. The lowest BCUT2D eigenvalue weighted by atomic mass is 10.2. The molecule has 2 rings (SSSR count). The molecule has 1 heterocycles. The number of hydrogen-bond donors (Lipinski definition) is 2. The molecule has 0 radical (unpaired) electrons. The number of benzene rings is 1. The minimum atomic E-state index is -0.264. The second-order valence-corrected chi connectivity index (χ2v) is 4.94. The maximum absolute atomic E-state index is 13.0. The molecule has 1 aliphatic heterocycles. The number of hydrogen-bond acceptors (Lipinski definition) is 3. The molecule has 2 unspecified atom stereocenters. The van der Waals surface area contributed by atoms with E-state index >= 15 is 0 Å². The topological polar surface area (TPSA) is 44.4 Å². The largest absolute Gasteiger partial charge is 0.358 e. The summed E-state index contributed by atoms with van der Waals surface area (Å²) < 4.78 is 13.0. The molecule has 1 amide bonds. The van der Waals surface area contributed by atoms with Crippen molar-refractivity contribution in [3.63, 3.8) is 0 Å². The molecule has 1 fully saturated rings. The van der Waals surface area contributed by atoms with Gasteiger partial charge in [0.2, 0.25) is 5.91 Å². The molecule has 1 aromatic rings. The third-order valence-corrected chi connectivity index (χ3v) is 3.43. The van der Waals surface area contributed by atoms with E-state index in [0.717, 1.165) is 18.7 Å². The average molecular weight is 265 g/mol. The zero-order chi connectivity index (χ0) is 13.8. The van der Waals surface area contributed by atoms with Gasteiger partial charge in [-0.15, -0.1) is 0 Å². The first kappa shape index (κ1) is 13.8. The smallest absolute Gasteiger partial charge is 0.244 e.